The van der Waals surface area contributed by atoms with Gasteiger partial charge >= 0.3 is 6.18 Å². The second-order valence-electron chi connectivity index (χ2n) is 3.92. The van der Waals surface area contributed by atoms with E-state index >= 15 is 0 Å². The SMILES string of the molecule is COC1=CC(CCN)(C(=O)C(F)(F)F)C(I)C=C1. The Morgan fingerprint density at radius 3 is 2.67 bits per heavy atom. The van der Waals surface area contributed by atoms with Gasteiger partial charge in [0.25, 0.3) is 0 Å². The summed E-state index contributed by atoms with van der Waals surface area (Å²) < 4.78 is 42.5. The summed E-state index contributed by atoms with van der Waals surface area (Å²) in [4.78, 5) is 11.7. The molecule has 0 aliphatic heterocycles. The number of carbonyl (C=O) groups excluding carboxylic acids is 1. The molecule has 0 amide bonds. The first-order valence-electron chi connectivity index (χ1n) is 5.18. The summed E-state index contributed by atoms with van der Waals surface area (Å²) in [5, 5.41) is 0. The fraction of sp³-hybridized carbons (Fsp3) is 0.545. The smallest absolute Gasteiger partial charge is 0.450 e. The third-order valence-corrected chi connectivity index (χ3v) is 4.32. The monoisotopic (exact) mass is 375 g/mol. The van der Waals surface area contributed by atoms with Gasteiger partial charge in [-0.2, -0.15) is 13.2 Å². The summed E-state index contributed by atoms with van der Waals surface area (Å²) >= 11 is 1.81. The number of rotatable bonds is 4. The van der Waals surface area contributed by atoms with Crippen LogP contribution in [0.25, 0.3) is 0 Å². The summed E-state index contributed by atoms with van der Waals surface area (Å²) in [6.07, 6.45) is -0.656. The normalized spacial score (nSPS) is 27.9. The second kappa shape index (κ2) is 5.60. The molecule has 2 unspecified atom stereocenters. The van der Waals surface area contributed by atoms with Crippen LogP contribution in [0.5, 0.6) is 0 Å². The topological polar surface area (TPSA) is 52.3 Å². The lowest BCUT2D eigenvalue weighted by Crippen LogP contribution is -2.47. The molecule has 0 aromatic carbocycles. The van der Waals surface area contributed by atoms with Crippen LogP contribution in [-0.4, -0.2) is 29.5 Å². The van der Waals surface area contributed by atoms with Gasteiger partial charge in [0, 0.05) is 3.92 Å². The van der Waals surface area contributed by atoms with Crippen LogP contribution < -0.4 is 5.73 Å². The Labute approximate surface area is 116 Å². The predicted molar refractivity (Wildman–Crippen MR) is 69.2 cm³/mol. The third-order valence-electron chi connectivity index (χ3n) is 2.80. The largest absolute Gasteiger partial charge is 0.497 e. The van der Waals surface area contributed by atoms with Gasteiger partial charge in [0.15, 0.2) is 0 Å². The maximum atomic E-state index is 12.7. The summed E-state index contributed by atoms with van der Waals surface area (Å²) in [7, 11) is 1.34. The number of ether oxygens (including phenoxy) is 1. The van der Waals surface area contributed by atoms with Crippen molar-refractivity contribution in [1.29, 1.82) is 0 Å². The van der Waals surface area contributed by atoms with Crippen LogP contribution in [0.2, 0.25) is 0 Å². The molecule has 2 atom stereocenters. The van der Waals surface area contributed by atoms with E-state index in [9.17, 15) is 18.0 Å². The molecule has 2 N–H and O–H groups in total. The van der Waals surface area contributed by atoms with E-state index in [1.807, 2.05) is 22.6 Å². The Kier molecular flexibility index (Phi) is 4.82. The van der Waals surface area contributed by atoms with Gasteiger partial charge in [0.1, 0.15) is 5.76 Å². The Bertz CT molecular complexity index is 392. The molecule has 0 radical (unpaired) electrons. The van der Waals surface area contributed by atoms with Crippen molar-refractivity contribution in [2.45, 2.75) is 16.5 Å². The van der Waals surface area contributed by atoms with Gasteiger partial charge in [-0.3, -0.25) is 4.79 Å². The first kappa shape index (κ1) is 15.5. The van der Waals surface area contributed by atoms with Crippen molar-refractivity contribution in [2.75, 3.05) is 13.7 Å². The van der Waals surface area contributed by atoms with Gasteiger partial charge in [-0.1, -0.05) is 28.7 Å². The first-order chi connectivity index (χ1) is 8.28. The predicted octanol–water partition coefficient (Wildman–Crippen LogP) is 2.36. The molecule has 0 bridgehead atoms. The molecule has 7 heteroatoms. The zero-order chi connectivity index (χ0) is 14.0. The van der Waals surface area contributed by atoms with Crippen molar-refractivity contribution >= 4 is 28.4 Å². The summed E-state index contributed by atoms with van der Waals surface area (Å²) in [6.45, 7) is -0.0113. The molecule has 0 spiro atoms. The highest BCUT2D eigenvalue weighted by Crippen LogP contribution is 2.43. The highest BCUT2D eigenvalue weighted by atomic mass is 127. The van der Waals surface area contributed by atoms with Crippen molar-refractivity contribution in [2.24, 2.45) is 11.1 Å². The number of methoxy groups -OCH3 is 1. The lowest BCUT2D eigenvalue weighted by Gasteiger charge is -2.35. The number of carbonyl (C=O) groups is 1. The second-order valence-corrected chi connectivity index (χ2v) is 5.26. The Balaban J connectivity index is 3.26. The minimum Gasteiger partial charge on any atom is -0.497 e. The van der Waals surface area contributed by atoms with Gasteiger partial charge in [0.05, 0.1) is 12.5 Å². The molecule has 0 saturated heterocycles. The van der Waals surface area contributed by atoms with Crippen molar-refractivity contribution in [3.63, 3.8) is 0 Å². The van der Waals surface area contributed by atoms with E-state index < -0.39 is 21.3 Å². The fourth-order valence-electron chi connectivity index (χ4n) is 1.88. The van der Waals surface area contributed by atoms with Gasteiger partial charge in [-0.25, -0.2) is 0 Å². The van der Waals surface area contributed by atoms with E-state index in [4.69, 9.17) is 10.5 Å². The van der Waals surface area contributed by atoms with Crippen LogP contribution in [0.15, 0.2) is 24.0 Å². The van der Waals surface area contributed by atoms with E-state index in [-0.39, 0.29) is 18.7 Å². The first-order valence-corrected chi connectivity index (χ1v) is 6.43. The van der Waals surface area contributed by atoms with E-state index in [0.717, 1.165) is 0 Å². The third kappa shape index (κ3) is 2.87. The number of allylic oxidation sites excluding steroid dienone is 3. The average Bonchev–Trinajstić information content (AvgIpc) is 2.30. The molecule has 0 fully saturated rings. The van der Waals surface area contributed by atoms with Crippen LogP contribution in [0, 0.1) is 5.41 Å². The lowest BCUT2D eigenvalue weighted by atomic mass is 9.74. The molecule has 0 aromatic rings. The van der Waals surface area contributed by atoms with E-state index in [1.165, 1.54) is 19.3 Å². The molecule has 1 aliphatic carbocycles. The molecule has 0 aromatic heterocycles. The van der Waals surface area contributed by atoms with Crippen molar-refractivity contribution in [3.05, 3.63) is 24.0 Å². The zero-order valence-electron chi connectivity index (χ0n) is 9.63. The van der Waals surface area contributed by atoms with Gasteiger partial charge < -0.3 is 10.5 Å². The van der Waals surface area contributed by atoms with E-state index in [1.54, 1.807) is 6.08 Å². The number of alkyl halides is 4. The molecule has 1 rings (SSSR count). The number of hydrogen-bond donors (Lipinski definition) is 1. The van der Waals surface area contributed by atoms with Crippen LogP contribution in [0.1, 0.15) is 6.42 Å². The highest BCUT2D eigenvalue weighted by Gasteiger charge is 2.54. The van der Waals surface area contributed by atoms with Crippen LogP contribution >= 0.6 is 22.6 Å². The molecule has 102 valence electrons. The maximum absolute atomic E-state index is 12.7. The van der Waals surface area contributed by atoms with Crippen molar-refractivity contribution in [1.82, 2.24) is 0 Å². The van der Waals surface area contributed by atoms with Crippen LogP contribution in [0.4, 0.5) is 13.2 Å². The van der Waals surface area contributed by atoms with Gasteiger partial charge in [-0.05, 0) is 25.1 Å². The van der Waals surface area contributed by atoms with Crippen molar-refractivity contribution < 1.29 is 22.7 Å². The molecular weight excluding hydrogens is 362 g/mol. The standard InChI is InChI=1S/C11H13F3INO2/c1-18-7-2-3-8(15)10(6-7,4-5-16)9(17)11(12,13)14/h2-3,6,8H,4-5,16H2,1H3. The quantitative estimate of drug-likeness (QED) is 0.607. The number of hydrogen-bond acceptors (Lipinski definition) is 3. The number of ketones is 1. The lowest BCUT2D eigenvalue weighted by molar-refractivity contribution is -0.179. The van der Waals surface area contributed by atoms with Gasteiger partial charge in [-0.15, -0.1) is 0 Å². The van der Waals surface area contributed by atoms with E-state index in [0.29, 0.717) is 0 Å². The zero-order valence-corrected chi connectivity index (χ0v) is 11.8. The highest BCUT2D eigenvalue weighted by molar-refractivity contribution is 14.1. The average molecular weight is 375 g/mol. The maximum Gasteiger partial charge on any atom is 0.450 e. The molecule has 0 heterocycles. The molecule has 1 aliphatic rings. The minimum absolute atomic E-state index is 0.0113. The number of nitrogens with two attached hydrogens (primary N) is 1. The summed E-state index contributed by atoms with van der Waals surface area (Å²) in [5.74, 6) is -1.53. The van der Waals surface area contributed by atoms with E-state index in [2.05, 4.69) is 0 Å². The Morgan fingerprint density at radius 1 is 1.61 bits per heavy atom. The summed E-state index contributed by atoms with van der Waals surface area (Å²) in [6, 6.07) is 0. The minimum atomic E-state index is -4.89. The van der Waals surface area contributed by atoms with Crippen LogP contribution in [-0.2, 0) is 9.53 Å². The van der Waals surface area contributed by atoms with Gasteiger partial charge in [0.2, 0.25) is 5.78 Å². The van der Waals surface area contributed by atoms with Crippen LogP contribution in [0.3, 0.4) is 0 Å². The van der Waals surface area contributed by atoms with Crippen molar-refractivity contribution in [3.8, 4) is 0 Å². The Hall–Kier alpha value is -0.570. The molecule has 18 heavy (non-hydrogen) atoms. The number of halogens is 4. The molecule has 0 saturated carbocycles. The molecular formula is C11H13F3INO2. The molecule has 3 nitrogen and oxygen atoms in total. The number of Topliss-reactive ketones (excluding diaryl/α,β-unsaturated/α-hetero) is 1. The fourth-order valence-corrected chi connectivity index (χ4v) is 2.86. The summed E-state index contributed by atoms with van der Waals surface area (Å²) in [5.41, 5.74) is 3.68. The Morgan fingerprint density at radius 2 is 2.22 bits per heavy atom.